The Bertz CT molecular complexity index is 335. The molecule has 0 bridgehead atoms. The zero-order chi connectivity index (χ0) is 12.7. The van der Waals surface area contributed by atoms with Crippen molar-refractivity contribution >= 4 is 11.8 Å². The van der Waals surface area contributed by atoms with Gasteiger partial charge in [0.05, 0.1) is 0 Å². The molecule has 1 nitrogen and oxygen atoms in total. The van der Waals surface area contributed by atoms with Crippen molar-refractivity contribution in [1.29, 1.82) is 0 Å². The third kappa shape index (κ3) is 4.00. The van der Waals surface area contributed by atoms with Gasteiger partial charge in [0, 0.05) is 16.2 Å². The van der Waals surface area contributed by atoms with Crippen LogP contribution in [0.1, 0.15) is 39.5 Å². The summed E-state index contributed by atoms with van der Waals surface area (Å²) >= 11 is 1.61. The summed E-state index contributed by atoms with van der Waals surface area (Å²) < 4.78 is 13.7. The predicted molar refractivity (Wildman–Crippen MR) is 73.9 cm³/mol. The summed E-state index contributed by atoms with van der Waals surface area (Å²) in [5.41, 5.74) is 5.93. The fourth-order valence-electron chi connectivity index (χ4n) is 2.14. The molecule has 1 aromatic carbocycles. The lowest BCUT2D eigenvalue weighted by molar-refractivity contribution is 0.496. The largest absolute Gasteiger partial charge is 0.329 e. The van der Waals surface area contributed by atoms with E-state index in [1.807, 2.05) is 12.1 Å². The number of thioether (sulfide) groups is 1. The predicted octanol–water partition coefficient (Wildman–Crippen LogP) is 4.22. The van der Waals surface area contributed by atoms with Crippen LogP contribution in [0.5, 0.6) is 0 Å². The van der Waals surface area contributed by atoms with Gasteiger partial charge in [-0.15, -0.1) is 11.8 Å². The van der Waals surface area contributed by atoms with E-state index in [0.29, 0.717) is 6.54 Å². The van der Waals surface area contributed by atoms with Gasteiger partial charge in [-0.25, -0.2) is 4.39 Å². The van der Waals surface area contributed by atoms with E-state index in [1.54, 1.807) is 17.8 Å². The topological polar surface area (TPSA) is 26.0 Å². The Kier molecular flexibility index (Phi) is 6.00. The maximum atomic E-state index is 13.7. The molecule has 0 aliphatic rings. The molecule has 0 amide bonds. The smallest absolute Gasteiger partial charge is 0.136 e. The van der Waals surface area contributed by atoms with Crippen LogP contribution in [-0.2, 0) is 0 Å². The van der Waals surface area contributed by atoms with Gasteiger partial charge in [-0.05, 0) is 25.0 Å². The summed E-state index contributed by atoms with van der Waals surface area (Å²) in [6, 6.07) is 6.96. The second-order valence-corrected chi connectivity index (χ2v) is 5.93. The second-order valence-electron chi connectivity index (χ2n) is 4.42. The Balaban J connectivity index is 2.88. The normalized spacial score (nSPS) is 11.8. The molecular formula is C14H22FNS. The highest BCUT2D eigenvalue weighted by atomic mass is 32.2. The summed E-state index contributed by atoms with van der Waals surface area (Å²) in [6.45, 7) is 4.91. The molecule has 0 aliphatic heterocycles. The highest BCUT2D eigenvalue weighted by Crippen LogP contribution is 2.40. The highest BCUT2D eigenvalue weighted by Gasteiger charge is 2.28. The fourth-order valence-corrected chi connectivity index (χ4v) is 3.62. The van der Waals surface area contributed by atoms with Gasteiger partial charge in [-0.3, -0.25) is 0 Å². The van der Waals surface area contributed by atoms with Crippen molar-refractivity contribution < 1.29 is 4.39 Å². The molecule has 0 saturated heterocycles. The summed E-state index contributed by atoms with van der Waals surface area (Å²) in [6.07, 6.45) is 4.24. The highest BCUT2D eigenvalue weighted by molar-refractivity contribution is 8.00. The first-order chi connectivity index (χ1) is 8.17. The molecule has 96 valence electrons. The molecule has 17 heavy (non-hydrogen) atoms. The Labute approximate surface area is 108 Å². The minimum Gasteiger partial charge on any atom is -0.329 e. The number of rotatable bonds is 7. The summed E-state index contributed by atoms with van der Waals surface area (Å²) in [4.78, 5) is 0.722. The molecule has 3 heteroatoms. The molecule has 2 N–H and O–H groups in total. The Morgan fingerprint density at radius 1 is 1.18 bits per heavy atom. The monoisotopic (exact) mass is 255 g/mol. The Morgan fingerprint density at radius 2 is 1.76 bits per heavy atom. The molecule has 1 aromatic rings. The zero-order valence-corrected chi connectivity index (χ0v) is 11.5. The van der Waals surface area contributed by atoms with Gasteiger partial charge in [0.15, 0.2) is 0 Å². The van der Waals surface area contributed by atoms with Crippen LogP contribution in [0.15, 0.2) is 29.2 Å². The van der Waals surface area contributed by atoms with Crippen molar-refractivity contribution in [2.45, 2.75) is 49.2 Å². The van der Waals surface area contributed by atoms with Gasteiger partial charge >= 0.3 is 0 Å². The van der Waals surface area contributed by atoms with E-state index in [9.17, 15) is 4.39 Å². The van der Waals surface area contributed by atoms with Gasteiger partial charge in [-0.1, -0.05) is 38.8 Å². The first-order valence-electron chi connectivity index (χ1n) is 6.31. The summed E-state index contributed by atoms with van der Waals surface area (Å²) in [7, 11) is 0. The number of nitrogens with two attached hydrogens (primary N) is 1. The lowest BCUT2D eigenvalue weighted by Gasteiger charge is -2.31. The van der Waals surface area contributed by atoms with Crippen molar-refractivity contribution in [3.05, 3.63) is 30.1 Å². The Hall–Kier alpha value is -0.540. The van der Waals surface area contributed by atoms with Crippen LogP contribution in [-0.4, -0.2) is 11.3 Å². The van der Waals surface area contributed by atoms with E-state index >= 15 is 0 Å². The van der Waals surface area contributed by atoms with E-state index in [-0.39, 0.29) is 10.6 Å². The zero-order valence-electron chi connectivity index (χ0n) is 10.7. The van der Waals surface area contributed by atoms with E-state index in [0.717, 1.165) is 30.6 Å². The summed E-state index contributed by atoms with van der Waals surface area (Å²) in [5, 5.41) is 0. The van der Waals surface area contributed by atoms with Crippen LogP contribution in [0.3, 0.4) is 0 Å². The van der Waals surface area contributed by atoms with Crippen LogP contribution in [0, 0.1) is 5.82 Å². The number of benzene rings is 1. The van der Waals surface area contributed by atoms with Gasteiger partial charge in [-0.2, -0.15) is 0 Å². The molecule has 0 unspecified atom stereocenters. The maximum absolute atomic E-state index is 13.7. The maximum Gasteiger partial charge on any atom is 0.136 e. The standard InChI is InChI=1S/C14H22FNS/c1-3-9-14(11-16,10-4-2)17-13-8-6-5-7-12(13)15/h5-8H,3-4,9-11,16H2,1-2H3. The lowest BCUT2D eigenvalue weighted by atomic mass is 9.97. The third-order valence-electron chi connectivity index (χ3n) is 2.95. The third-order valence-corrected chi connectivity index (χ3v) is 4.51. The van der Waals surface area contributed by atoms with Crippen molar-refractivity contribution in [2.75, 3.05) is 6.54 Å². The molecular weight excluding hydrogens is 233 g/mol. The molecule has 0 aliphatic carbocycles. The fraction of sp³-hybridized carbons (Fsp3) is 0.571. The van der Waals surface area contributed by atoms with Crippen LogP contribution in [0.4, 0.5) is 4.39 Å². The average Bonchev–Trinajstić information content (AvgIpc) is 2.33. The summed E-state index contributed by atoms with van der Waals surface area (Å²) in [5.74, 6) is -0.137. The van der Waals surface area contributed by atoms with Crippen molar-refractivity contribution in [3.63, 3.8) is 0 Å². The van der Waals surface area contributed by atoms with Crippen LogP contribution < -0.4 is 5.73 Å². The lowest BCUT2D eigenvalue weighted by Crippen LogP contribution is -2.34. The van der Waals surface area contributed by atoms with Crippen molar-refractivity contribution in [3.8, 4) is 0 Å². The van der Waals surface area contributed by atoms with Crippen LogP contribution in [0.25, 0.3) is 0 Å². The van der Waals surface area contributed by atoms with Crippen molar-refractivity contribution in [1.82, 2.24) is 0 Å². The average molecular weight is 255 g/mol. The molecule has 0 aromatic heterocycles. The molecule has 0 saturated carbocycles. The van der Waals surface area contributed by atoms with Gasteiger partial charge < -0.3 is 5.73 Å². The van der Waals surface area contributed by atoms with E-state index in [4.69, 9.17) is 5.73 Å². The Morgan fingerprint density at radius 3 is 2.24 bits per heavy atom. The van der Waals surface area contributed by atoms with Crippen LogP contribution in [0.2, 0.25) is 0 Å². The molecule has 0 radical (unpaired) electrons. The number of halogens is 1. The molecule has 0 atom stereocenters. The SMILES string of the molecule is CCCC(CN)(CCC)Sc1ccccc1F. The van der Waals surface area contributed by atoms with Gasteiger partial charge in [0.1, 0.15) is 5.82 Å². The first-order valence-corrected chi connectivity index (χ1v) is 7.12. The minimum absolute atomic E-state index is 0.00824. The van der Waals surface area contributed by atoms with Crippen molar-refractivity contribution in [2.24, 2.45) is 5.73 Å². The first kappa shape index (κ1) is 14.5. The molecule has 1 rings (SSSR count). The minimum atomic E-state index is -0.137. The quantitative estimate of drug-likeness (QED) is 0.738. The second kappa shape index (κ2) is 7.02. The molecule has 0 fully saturated rings. The van der Waals surface area contributed by atoms with Gasteiger partial charge in [0.2, 0.25) is 0 Å². The molecule has 0 spiro atoms. The molecule has 0 heterocycles. The van der Waals surface area contributed by atoms with E-state index in [2.05, 4.69) is 13.8 Å². The van der Waals surface area contributed by atoms with Crippen LogP contribution >= 0.6 is 11.8 Å². The van der Waals surface area contributed by atoms with E-state index in [1.165, 1.54) is 6.07 Å². The van der Waals surface area contributed by atoms with Gasteiger partial charge in [0.25, 0.3) is 0 Å². The van der Waals surface area contributed by atoms with E-state index < -0.39 is 0 Å². The number of hydrogen-bond donors (Lipinski definition) is 1. The number of hydrogen-bond acceptors (Lipinski definition) is 2.